The minimum absolute atomic E-state index is 0.151. The number of halogens is 1. The van der Waals surface area contributed by atoms with E-state index in [-0.39, 0.29) is 5.97 Å². The molecule has 0 N–H and O–H groups in total. The van der Waals surface area contributed by atoms with Gasteiger partial charge in [-0.2, -0.15) is 0 Å². The maximum Gasteiger partial charge on any atom is 0.306 e. The molecule has 0 bridgehead atoms. The van der Waals surface area contributed by atoms with Crippen molar-refractivity contribution in [1.82, 2.24) is 0 Å². The second-order valence-electron chi connectivity index (χ2n) is 3.21. The Morgan fingerprint density at radius 2 is 2.00 bits per heavy atom. The molecule has 0 fully saturated rings. The van der Waals surface area contributed by atoms with Gasteiger partial charge in [-0.05, 0) is 24.5 Å². The van der Waals surface area contributed by atoms with E-state index in [1.54, 1.807) is 0 Å². The summed E-state index contributed by atoms with van der Waals surface area (Å²) in [5.41, 5.74) is 2.21. The third-order valence-corrected chi connectivity index (χ3v) is 2.45. The van der Waals surface area contributed by atoms with Crippen molar-refractivity contribution in [2.24, 2.45) is 0 Å². The summed E-state index contributed by atoms with van der Waals surface area (Å²) in [6.45, 7) is 2.25. The van der Waals surface area contributed by atoms with E-state index >= 15 is 0 Å². The van der Waals surface area contributed by atoms with E-state index in [0.717, 1.165) is 11.1 Å². The minimum Gasteiger partial charge on any atom is -0.466 e. The lowest BCUT2D eigenvalue weighted by atomic mass is 10.0. The first-order valence-corrected chi connectivity index (χ1v) is 5.59. The second kappa shape index (κ2) is 6.46. The number of hydrogen-bond donors (Lipinski definition) is 0. The van der Waals surface area contributed by atoms with E-state index in [0.29, 0.717) is 25.3 Å². The zero-order valence-electron chi connectivity index (χ0n) is 8.83. The Bertz CT molecular complexity index is 323. The summed E-state index contributed by atoms with van der Waals surface area (Å²) in [5.74, 6) is 0.334. The van der Waals surface area contributed by atoms with E-state index < -0.39 is 0 Å². The number of carbonyl (C=O) groups excluding carboxylic acids is 1. The van der Waals surface area contributed by atoms with Gasteiger partial charge in [0.15, 0.2) is 0 Å². The van der Waals surface area contributed by atoms with Gasteiger partial charge in [-0.3, -0.25) is 4.79 Å². The topological polar surface area (TPSA) is 26.3 Å². The monoisotopic (exact) mass is 226 g/mol. The summed E-state index contributed by atoms with van der Waals surface area (Å²) < 4.78 is 4.87. The lowest BCUT2D eigenvalue weighted by molar-refractivity contribution is -0.143. The fraction of sp³-hybridized carbons (Fsp3) is 0.417. The number of ether oxygens (including phenoxy) is 1. The summed E-state index contributed by atoms with van der Waals surface area (Å²) in [4.78, 5) is 11.2. The average Bonchev–Trinajstić information content (AvgIpc) is 2.27. The molecule has 0 saturated carbocycles. The molecule has 0 aliphatic carbocycles. The van der Waals surface area contributed by atoms with Crippen LogP contribution in [0.15, 0.2) is 24.3 Å². The lowest BCUT2D eigenvalue weighted by Gasteiger charge is -2.06. The van der Waals surface area contributed by atoms with Crippen LogP contribution in [0.4, 0.5) is 0 Å². The highest BCUT2D eigenvalue weighted by atomic mass is 35.5. The minimum atomic E-state index is -0.151. The third kappa shape index (κ3) is 3.92. The van der Waals surface area contributed by atoms with Crippen LogP contribution in [-0.4, -0.2) is 12.6 Å². The Morgan fingerprint density at radius 3 is 2.60 bits per heavy atom. The molecular formula is C12H15ClO2. The first-order valence-electron chi connectivity index (χ1n) is 5.06. The van der Waals surface area contributed by atoms with Crippen LogP contribution in [0.25, 0.3) is 0 Å². The van der Waals surface area contributed by atoms with Gasteiger partial charge in [-0.15, -0.1) is 11.6 Å². The number of hydrogen-bond acceptors (Lipinski definition) is 2. The molecule has 1 aromatic rings. The molecule has 0 saturated heterocycles. The van der Waals surface area contributed by atoms with Crippen molar-refractivity contribution in [3.05, 3.63) is 35.4 Å². The maximum absolute atomic E-state index is 11.2. The Kier molecular flexibility index (Phi) is 5.19. The largest absolute Gasteiger partial charge is 0.466 e. The summed E-state index contributed by atoms with van der Waals surface area (Å²) in [7, 11) is 0. The fourth-order valence-corrected chi connectivity index (χ4v) is 1.66. The molecule has 0 aromatic heterocycles. The normalized spacial score (nSPS) is 10.0. The molecule has 0 aliphatic heterocycles. The summed E-state index contributed by atoms with van der Waals surface area (Å²) in [5, 5.41) is 0. The fourth-order valence-electron chi connectivity index (χ4n) is 1.40. The maximum atomic E-state index is 11.2. The molecule has 0 aliphatic rings. The van der Waals surface area contributed by atoms with E-state index in [1.165, 1.54) is 0 Å². The molecule has 1 rings (SSSR count). The molecule has 0 atom stereocenters. The van der Waals surface area contributed by atoms with Gasteiger partial charge in [0.2, 0.25) is 0 Å². The first-order chi connectivity index (χ1) is 7.27. The van der Waals surface area contributed by atoms with Crippen LogP contribution < -0.4 is 0 Å². The van der Waals surface area contributed by atoms with E-state index in [4.69, 9.17) is 16.3 Å². The quantitative estimate of drug-likeness (QED) is 0.570. The van der Waals surface area contributed by atoms with Crippen molar-refractivity contribution >= 4 is 17.6 Å². The molecule has 0 amide bonds. The highest BCUT2D eigenvalue weighted by Crippen LogP contribution is 2.13. The Labute approximate surface area is 95.2 Å². The predicted molar refractivity (Wildman–Crippen MR) is 61.0 cm³/mol. The highest BCUT2D eigenvalue weighted by Gasteiger charge is 2.05. The van der Waals surface area contributed by atoms with E-state index in [1.807, 2.05) is 31.2 Å². The van der Waals surface area contributed by atoms with Gasteiger partial charge in [-0.1, -0.05) is 24.3 Å². The molecule has 82 valence electrons. The van der Waals surface area contributed by atoms with Crippen LogP contribution in [-0.2, 0) is 21.8 Å². The second-order valence-corrected chi connectivity index (χ2v) is 3.47. The summed E-state index contributed by atoms with van der Waals surface area (Å²) >= 11 is 5.79. The van der Waals surface area contributed by atoms with E-state index in [2.05, 4.69) is 0 Å². The van der Waals surface area contributed by atoms with Gasteiger partial charge in [0.05, 0.1) is 6.61 Å². The Hall–Kier alpha value is -1.02. The van der Waals surface area contributed by atoms with E-state index in [9.17, 15) is 4.79 Å². The predicted octanol–water partition coefficient (Wildman–Crippen LogP) is 2.92. The van der Waals surface area contributed by atoms with Gasteiger partial charge >= 0.3 is 5.97 Å². The smallest absolute Gasteiger partial charge is 0.306 e. The molecular weight excluding hydrogens is 212 g/mol. The van der Waals surface area contributed by atoms with Gasteiger partial charge in [0.1, 0.15) is 0 Å². The van der Waals surface area contributed by atoms with Crippen molar-refractivity contribution < 1.29 is 9.53 Å². The summed E-state index contributed by atoms with van der Waals surface area (Å²) in [6, 6.07) is 7.88. The standard InChI is InChI=1S/C12H15ClO2/c1-2-15-12(14)8-7-10-5-3-4-6-11(10)9-13/h3-6H,2,7-9H2,1H3. The van der Waals surface area contributed by atoms with Gasteiger partial charge in [-0.25, -0.2) is 0 Å². The Balaban J connectivity index is 2.53. The van der Waals surface area contributed by atoms with Gasteiger partial charge < -0.3 is 4.74 Å². The molecule has 3 heteroatoms. The van der Waals surface area contributed by atoms with Gasteiger partial charge in [0, 0.05) is 12.3 Å². The van der Waals surface area contributed by atoms with Crippen molar-refractivity contribution in [3.63, 3.8) is 0 Å². The third-order valence-electron chi connectivity index (χ3n) is 2.17. The van der Waals surface area contributed by atoms with Crippen molar-refractivity contribution in [1.29, 1.82) is 0 Å². The first kappa shape index (κ1) is 12.1. The van der Waals surface area contributed by atoms with Crippen LogP contribution >= 0.6 is 11.6 Å². The van der Waals surface area contributed by atoms with Crippen LogP contribution in [0, 0.1) is 0 Å². The number of rotatable bonds is 5. The summed E-state index contributed by atoms with van der Waals surface area (Å²) in [6.07, 6.45) is 1.11. The molecule has 0 heterocycles. The van der Waals surface area contributed by atoms with Crippen LogP contribution in [0.2, 0.25) is 0 Å². The average molecular weight is 227 g/mol. The molecule has 1 aromatic carbocycles. The number of aryl methyl sites for hydroxylation is 1. The van der Waals surface area contributed by atoms with Gasteiger partial charge in [0.25, 0.3) is 0 Å². The zero-order chi connectivity index (χ0) is 11.1. The molecule has 2 nitrogen and oxygen atoms in total. The molecule has 0 spiro atoms. The molecule has 0 radical (unpaired) electrons. The number of esters is 1. The zero-order valence-corrected chi connectivity index (χ0v) is 9.59. The SMILES string of the molecule is CCOC(=O)CCc1ccccc1CCl. The number of alkyl halides is 1. The lowest BCUT2D eigenvalue weighted by Crippen LogP contribution is -2.05. The van der Waals surface area contributed by atoms with Crippen molar-refractivity contribution in [3.8, 4) is 0 Å². The number of benzene rings is 1. The van der Waals surface area contributed by atoms with Crippen LogP contribution in [0.5, 0.6) is 0 Å². The van der Waals surface area contributed by atoms with Crippen LogP contribution in [0.1, 0.15) is 24.5 Å². The Morgan fingerprint density at radius 1 is 1.33 bits per heavy atom. The highest BCUT2D eigenvalue weighted by molar-refractivity contribution is 6.17. The number of carbonyl (C=O) groups is 1. The van der Waals surface area contributed by atoms with Crippen molar-refractivity contribution in [2.75, 3.05) is 6.61 Å². The molecule has 0 unspecified atom stereocenters. The van der Waals surface area contributed by atoms with Crippen molar-refractivity contribution in [2.45, 2.75) is 25.6 Å². The van der Waals surface area contributed by atoms with Crippen LogP contribution in [0.3, 0.4) is 0 Å². The molecule has 15 heavy (non-hydrogen) atoms.